The third-order valence-electron chi connectivity index (χ3n) is 4.01. The monoisotopic (exact) mass is 348 g/mol. The zero-order valence-electron chi connectivity index (χ0n) is 13.7. The molecule has 0 aliphatic carbocycles. The number of carbonyl (C=O) groups is 1. The predicted octanol–water partition coefficient (Wildman–Crippen LogP) is 3.73. The number of aromatic carboxylic acids is 1. The molecule has 0 atom stereocenters. The summed E-state index contributed by atoms with van der Waals surface area (Å²) in [5.74, 6) is -2.20. The van der Waals surface area contributed by atoms with E-state index in [4.69, 9.17) is 5.11 Å². The highest BCUT2D eigenvalue weighted by atomic mass is 19.1. The normalized spacial score (nSPS) is 10.3. The van der Waals surface area contributed by atoms with Crippen molar-refractivity contribution in [3.8, 4) is 28.3 Å². The molecule has 26 heavy (non-hydrogen) atoms. The van der Waals surface area contributed by atoms with Gasteiger partial charge in [0.15, 0.2) is 0 Å². The van der Waals surface area contributed by atoms with Gasteiger partial charge in [-0.05, 0) is 41.8 Å². The summed E-state index contributed by atoms with van der Waals surface area (Å²) in [5, 5.41) is 18.3. The standard InChI is InChI=1S/C20H13FN2O3/c1-11-8-16(17(10-22)19(24)23-11)14-5-3-2-4-13(14)12-6-7-15(20(25)26)18(21)9-12/h2-9H,1H3,(H,23,24)(H,25,26). The number of halogens is 1. The Kier molecular flexibility index (Phi) is 4.38. The minimum Gasteiger partial charge on any atom is -0.478 e. The maximum atomic E-state index is 14.1. The van der Waals surface area contributed by atoms with E-state index in [1.165, 1.54) is 12.1 Å². The van der Waals surface area contributed by atoms with Crippen molar-refractivity contribution in [2.45, 2.75) is 6.92 Å². The molecule has 0 aliphatic rings. The lowest BCUT2D eigenvalue weighted by molar-refractivity contribution is 0.0692. The fourth-order valence-corrected chi connectivity index (χ4v) is 2.84. The van der Waals surface area contributed by atoms with Gasteiger partial charge in [-0.25, -0.2) is 9.18 Å². The van der Waals surface area contributed by atoms with Crippen LogP contribution in [0.4, 0.5) is 4.39 Å². The van der Waals surface area contributed by atoms with Crippen LogP contribution in [0.15, 0.2) is 53.3 Å². The van der Waals surface area contributed by atoms with Crippen LogP contribution in [0.25, 0.3) is 22.3 Å². The summed E-state index contributed by atoms with van der Waals surface area (Å²) >= 11 is 0. The fourth-order valence-electron chi connectivity index (χ4n) is 2.84. The van der Waals surface area contributed by atoms with E-state index < -0.39 is 22.9 Å². The van der Waals surface area contributed by atoms with Gasteiger partial charge in [0.05, 0.1) is 5.56 Å². The van der Waals surface area contributed by atoms with Crippen molar-refractivity contribution in [1.29, 1.82) is 5.26 Å². The first-order valence-corrected chi connectivity index (χ1v) is 7.69. The molecule has 0 saturated carbocycles. The molecule has 2 N–H and O–H groups in total. The summed E-state index contributed by atoms with van der Waals surface area (Å²) in [6.07, 6.45) is 0. The second-order valence-electron chi connectivity index (χ2n) is 5.73. The number of carboxylic acid groups (broad SMARTS) is 1. The Morgan fingerprint density at radius 3 is 2.42 bits per heavy atom. The summed E-state index contributed by atoms with van der Waals surface area (Å²) in [5.41, 5.74) is 1.69. The number of nitrogens with zero attached hydrogens (tertiary/aromatic N) is 1. The van der Waals surface area contributed by atoms with Crippen molar-refractivity contribution in [2.75, 3.05) is 0 Å². The van der Waals surface area contributed by atoms with Crippen molar-refractivity contribution < 1.29 is 14.3 Å². The van der Waals surface area contributed by atoms with Crippen LogP contribution in [-0.2, 0) is 0 Å². The zero-order valence-corrected chi connectivity index (χ0v) is 13.7. The van der Waals surface area contributed by atoms with Gasteiger partial charge in [-0.1, -0.05) is 30.3 Å². The van der Waals surface area contributed by atoms with E-state index in [1.54, 1.807) is 37.3 Å². The number of aryl methyl sites for hydroxylation is 1. The van der Waals surface area contributed by atoms with Crippen molar-refractivity contribution in [1.82, 2.24) is 4.98 Å². The molecule has 1 heterocycles. The molecule has 0 bridgehead atoms. The SMILES string of the molecule is Cc1cc(-c2ccccc2-c2ccc(C(=O)O)c(F)c2)c(C#N)c(=O)[nH]1. The molecule has 0 radical (unpaired) electrons. The van der Waals surface area contributed by atoms with Crippen LogP contribution in [0.3, 0.4) is 0 Å². The minimum atomic E-state index is -1.35. The van der Waals surface area contributed by atoms with Gasteiger partial charge < -0.3 is 10.1 Å². The van der Waals surface area contributed by atoms with Gasteiger partial charge in [0.25, 0.3) is 5.56 Å². The lowest BCUT2D eigenvalue weighted by Gasteiger charge is -2.12. The third-order valence-corrected chi connectivity index (χ3v) is 4.01. The smallest absolute Gasteiger partial charge is 0.338 e. The van der Waals surface area contributed by atoms with Crippen LogP contribution in [0.5, 0.6) is 0 Å². The highest BCUT2D eigenvalue weighted by molar-refractivity contribution is 5.90. The summed E-state index contributed by atoms with van der Waals surface area (Å²) in [7, 11) is 0. The van der Waals surface area contributed by atoms with Gasteiger partial charge >= 0.3 is 5.97 Å². The summed E-state index contributed by atoms with van der Waals surface area (Å²) in [6, 6.07) is 14.4. The van der Waals surface area contributed by atoms with E-state index in [2.05, 4.69) is 4.98 Å². The Balaban J connectivity index is 2.27. The van der Waals surface area contributed by atoms with Crippen LogP contribution >= 0.6 is 0 Å². The number of H-pyrrole nitrogens is 1. The average molecular weight is 348 g/mol. The highest BCUT2D eigenvalue weighted by Crippen LogP contribution is 2.33. The second kappa shape index (κ2) is 6.65. The number of carboxylic acids is 1. The molecule has 6 heteroatoms. The number of nitrogens with one attached hydrogen (secondary N) is 1. The largest absolute Gasteiger partial charge is 0.478 e. The third kappa shape index (κ3) is 2.98. The molecule has 0 amide bonds. The maximum Gasteiger partial charge on any atom is 0.338 e. The number of hydrogen-bond donors (Lipinski definition) is 2. The molecule has 0 saturated heterocycles. The molecule has 0 aliphatic heterocycles. The van der Waals surface area contributed by atoms with E-state index in [0.717, 1.165) is 6.07 Å². The fraction of sp³-hybridized carbons (Fsp3) is 0.0500. The quantitative estimate of drug-likeness (QED) is 0.754. The second-order valence-corrected chi connectivity index (χ2v) is 5.73. The van der Waals surface area contributed by atoms with Gasteiger partial charge in [-0.3, -0.25) is 4.79 Å². The van der Waals surface area contributed by atoms with E-state index in [0.29, 0.717) is 27.9 Å². The predicted molar refractivity (Wildman–Crippen MR) is 94.3 cm³/mol. The first-order chi connectivity index (χ1) is 12.4. The first kappa shape index (κ1) is 17.1. The van der Waals surface area contributed by atoms with Gasteiger partial charge in [0, 0.05) is 11.3 Å². The Hall–Kier alpha value is -3.72. The van der Waals surface area contributed by atoms with Crippen molar-refractivity contribution in [3.05, 3.63) is 81.5 Å². The first-order valence-electron chi connectivity index (χ1n) is 7.69. The van der Waals surface area contributed by atoms with Gasteiger partial charge in [0.2, 0.25) is 0 Å². The molecular formula is C20H13FN2O3. The van der Waals surface area contributed by atoms with Crippen LogP contribution in [0.1, 0.15) is 21.6 Å². The lowest BCUT2D eigenvalue weighted by atomic mass is 9.92. The van der Waals surface area contributed by atoms with Crippen molar-refractivity contribution in [2.24, 2.45) is 0 Å². The molecule has 5 nitrogen and oxygen atoms in total. The van der Waals surface area contributed by atoms with Crippen LogP contribution < -0.4 is 5.56 Å². The molecule has 128 valence electrons. The molecule has 0 spiro atoms. The van der Waals surface area contributed by atoms with Gasteiger partial charge in [-0.15, -0.1) is 0 Å². The van der Waals surface area contributed by atoms with Gasteiger partial charge in [0.1, 0.15) is 17.4 Å². The number of aromatic nitrogens is 1. The van der Waals surface area contributed by atoms with Crippen molar-refractivity contribution in [3.63, 3.8) is 0 Å². The van der Waals surface area contributed by atoms with E-state index in [9.17, 15) is 19.2 Å². The number of hydrogen-bond acceptors (Lipinski definition) is 3. The maximum absolute atomic E-state index is 14.1. The molecule has 2 aromatic carbocycles. The highest BCUT2D eigenvalue weighted by Gasteiger charge is 2.16. The molecule has 0 fully saturated rings. The van der Waals surface area contributed by atoms with Crippen LogP contribution in [0.2, 0.25) is 0 Å². The van der Waals surface area contributed by atoms with E-state index >= 15 is 0 Å². The molecule has 0 unspecified atom stereocenters. The number of nitriles is 1. The zero-order chi connectivity index (χ0) is 18.8. The summed E-state index contributed by atoms with van der Waals surface area (Å²) < 4.78 is 14.1. The number of rotatable bonds is 3. The average Bonchev–Trinajstić information content (AvgIpc) is 2.60. The Morgan fingerprint density at radius 1 is 1.12 bits per heavy atom. The lowest BCUT2D eigenvalue weighted by Crippen LogP contribution is -2.13. The Labute approximate surface area is 148 Å². The van der Waals surface area contributed by atoms with Gasteiger partial charge in [-0.2, -0.15) is 5.26 Å². The van der Waals surface area contributed by atoms with Crippen LogP contribution in [-0.4, -0.2) is 16.1 Å². The molecule has 3 aromatic rings. The van der Waals surface area contributed by atoms with E-state index in [1.807, 2.05) is 6.07 Å². The summed E-state index contributed by atoms with van der Waals surface area (Å²) in [6.45, 7) is 1.70. The molecular weight excluding hydrogens is 335 g/mol. The number of aromatic amines is 1. The number of benzene rings is 2. The number of pyridine rings is 1. The molecule has 1 aromatic heterocycles. The van der Waals surface area contributed by atoms with Crippen molar-refractivity contribution >= 4 is 5.97 Å². The topological polar surface area (TPSA) is 93.9 Å². The Bertz CT molecular complexity index is 1130. The Morgan fingerprint density at radius 2 is 1.81 bits per heavy atom. The van der Waals surface area contributed by atoms with E-state index in [-0.39, 0.29) is 5.56 Å². The van der Waals surface area contributed by atoms with Crippen LogP contribution in [0, 0.1) is 24.1 Å². The molecule has 3 rings (SSSR count). The minimum absolute atomic E-state index is 0.0364. The summed E-state index contributed by atoms with van der Waals surface area (Å²) in [4.78, 5) is 25.7.